The first-order chi connectivity index (χ1) is 12.8. The van der Waals surface area contributed by atoms with Crippen LogP contribution in [0.2, 0.25) is 0 Å². The Bertz CT molecular complexity index is 967. The zero-order valence-electron chi connectivity index (χ0n) is 14.6. The number of amides is 1. The molecule has 0 bridgehead atoms. The standard InChI is InChI=1S/C21H21N3O2/c25-21(18-9-4-11-22-18)24-12-10-19-17(13-24)20(23-26-19)16-8-3-6-14-5-1-2-7-15(14)16/h1-3,5-8,18,22H,4,9-13H2/t18-/m1/s1. The first-order valence-corrected chi connectivity index (χ1v) is 9.29. The highest BCUT2D eigenvalue weighted by molar-refractivity contribution is 5.96. The van der Waals surface area contributed by atoms with E-state index in [1.54, 1.807) is 0 Å². The zero-order chi connectivity index (χ0) is 17.5. The molecule has 2 aliphatic heterocycles. The van der Waals surface area contributed by atoms with Crippen molar-refractivity contribution in [1.29, 1.82) is 0 Å². The third kappa shape index (κ3) is 2.51. The van der Waals surface area contributed by atoms with E-state index in [1.807, 2.05) is 23.1 Å². The summed E-state index contributed by atoms with van der Waals surface area (Å²) in [4.78, 5) is 14.8. The lowest BCUT2D eigenvalue weighted by atomic mass is 9.96. The Hall–Kier alpha value is -2.66. The van der Waals surface area contributed by atoms with E-state index in [0.717, 1.165) is 53.8 Å². The lowest BCUT2D eigenvalue weighted by molar-refractivity contribution is -0.134. The van der Waals surface area contributed by atoms with Gasteiger partial charge in [0.15, 0.2) is 0 Å². The number of fused-ring (bicyclic) bond motifs is 2. The van der Waals surface area contributed by atoms with Crippen LogP contribution in [0, 0.1) is 0 Å². The molecule has 0 radical (unpaired) electrons. The molecule has 0 aliphatic carbocycles. The smallest absolute Gasteiger partial charge is 0.240 e. The molecule has 1 N–H and O–H groups in total. The molecule has 1 fully saturated rings. The van der Waals surface area contributed by atoms with Crippen LogP contribution >= 0.6 is 0 Å². The van der Waals surface area contributed by atoms with Gasteiger partial charge >= 0.3 is 0 Å². The van der Waals surface area contributed by atoms with Crippen molar-refractivity contribution in [3.8, 4) is 11.3 Å². The van der Waals surface area contributed by atoms with Gasteiger partial charge in [0.25, 0.3) is 0 Å². The van der Waals surface area contributed by atoms with Crippen molar-refractivity contribution in [2.24, 2.45) is 0 Å². The Morgan fingerprint density at radius 1 is 1.19 bits per heavy atom. The van der Waals surface area contributed by atoms with E-state index in [9.17, 15) is 4.79 Å². The lowest BCUT2D eigenvalue weighted by Crippen LogP contribution is -2.45. The van der Waals surface area contributed by atoms with Crippen LogP contribution in [0.25, 0.3) is 22.0 Å². The SMILES string of the molecule is O=C([C@H]1CCCN1)N1CCc2onc(-c3cccc4ccccc34)c2C1. The maximum atomic E-state index is 12.8. The Morgan fingerprint density at radius 3 is 2.96 bits per heavy atom. The van der Waals surface area contributed by atoms with Gasteiger partial charge in [-0.05, 0) is 30.2 Å². The van der Waals surface area contributed by atoms with Gasteiger partial charge in [-0.15, -0.1) is 0 Å². The molecule has 132 valence electrons. The van der Waals surface area contributed by atoms with E-state index in [4.69, 9.17) is 4.52 Å². The Labute approximate surface area is 152 Å². The van der Waals surface area contributed by atoms with Crippen molar-refractivity contribution in [3.63, 3.8) is 0 Å². The second-order valence-corrected chi connectivity index (χ2v) is 7.12. The molecule has 2 aliphatic rings. The first-order valence-electron chi connectivity index (χ1n) is 9.29. The number of nitrogens with zero attached hydrogens (tertiary/aromatic N) is 2. The van der Waals surface area contributed by atoms with Crippen LogP contribution in [0.3, 0.4) is 0 Å². The van der Waals surface area contributed by atoms with E-state index in [1.165, 1.54) is 5.39 Å². The van der Waals surface area contributed by atoms with Crippen molar-refractivity contribution < 1.29 is 9.32 Å². The summed E-state index contributed by atoms with van der Waals surface area (Å²) in [6, 6.07) is 14.5. The number of benzene rings is 2. The summed E-state index contributed by atoms with van der Waals surface area (Å²) in [7, 11) is 0. The summed E-state index contributed by atoms with van der Waals surface area (Å²) < 4.78 is 5.64. The molecule has 1 aromatic heterocycles. The number of nitrogens with one attached hydrogen (secondary N) is 1. The maximum Gasteiger partial charge on any atom is 0.240 e. The van der Waals surface area contributed by atoms with Gasteiger partial charge in [-0.2, -0.15) is 0 Å². The minimum absolute atomic E-state index is 0.0302. The van der Waals surface area contributed by atoms with Crippen LogP contribution in [0.15, 0.2) is 47.0 Å². The molecule has 1 amide bonds. The quantitative estimate of drug-likeness (QED) is 0.774. The highest BCUT2D eigenvalue weighted by Crippen LogP contribution is 2.34. The minimum atomic E-state index is -0.0302. The highest BCUT2D eigenvalue weighted by Gasteiger charge is 2.32. The molecule has 5 heteroatoms. The van der Waals surface area contributed by atoms with Gasteiger partial charge in [-0.1, -0.05) is 47.6 Å². The molecule has 26 heavy (non-hydrogen) atoms. The third-order valence-corrected chi connectivity index (χ3v) is 5.54. The summed E-state index contributed by atoms with van der Waals surface area (Å²) in [6.07, 6.45) is 2.73. The average molecular weight is 347 g/mol. The van der Waals surface area contributed by atoms with Crippen LogP contribution in [-0.2, 0) is 17.8 Å². The van der Waals surface area contributed by atoms with Gasteiger partial charge in [0, 0.05) is 24.1 Å². The van der Waals surface area contributed by atoms with Crippen LogP contribution in [0.1, 0.15) is 24.2 Å². The van der Waals surface area contributed by atoms with Gasteiger partial charge < -0.3 is 14.7 Å². The molecule has 0 spiro atoms. The Kier molecular flexibility index (Phi) is 3.75. The van der Waals surface area contributed by atoms with Gasteiger partial charge in [-0.3, -0.25) is 4.79 Å². The average Bonchev–Trinajstić information content (AvgIpc) is 3.36. The molecule has 0 saturated carbocycles. The molecule has 1 atom stereocenters. The van der Waals surface area contributed by atoms with E-state index in [0.29, 0.717) is 13.1 Å². The van der Waals surface area contributed by atoms with Crippen molar-refractivity contribution >= 4 is 16.7 Å². The fraction of sp³-hybridized carbons (Fsp3) is 0.333. The van der Waals surface area contributed by atoms with Crippen LogP contribution in [-0.4, -0.2) is 35.1 Å². The summed E-state index contributed by atoms with van der Waals surface area (Å²) in [5.41, 5.74) is 2.99. The Balaban J connectivity index is 1.52. The van der Waals surface area contributed by atoms with Crippen LogP contribution in [0.4, 0.5) is 0 Å². The summed E-state index contributed by atoms with van der Waals surface area (Å²) >= 11 is 0. The van der Waals surface area contributed by atoms with Crippen molar-refractivity contribution in [3.05, 3.63) is 53.8 Å². The van der Waals surface area contributed by atoms with E-state index >= 15 is 0 Å². The zero-order valence-corrected chi connectivity index (χ0v) is 14.6. The fourth-order valence-electron chi connectivity index (χ4n) is 4.16. The van der Waals surface area contributed by atoms with Crippen LogP contribution in [0.5, 0.6) is 0 Å². The van der Waals surface area contributed by atoms with Crippen molar-refractivity contribution in [2.75, 3.05) is 13.1 Å². The largest absolute Gasteiger partial charge is 0.360 e. The van der Waals surface area contributed by atoms with E-state index < -0.39 is 0 Å². The number of carbonyl (C=O) groups is 1. The lowest BCUT2D eigenvalue weighted by Gasteiger charge is -2.28. The molecule has 0 unspecified atom stereocenters. The van der Waals surface area contributed by atoms with Gasteiger partial charge in [0.05, 0.1) is 12.6 Å². The van der Waals surface area contributed by atoms with E-state index in [-0.39, 0.29) is 11.9 Å². The summed E-state index contributed by atoms with van der Waals surface area (Å²) in [5.74, 6) is 1.12. The number of rotatable bonds is 2. The van der Waals surface area contributed by atoms with Crippen molar-refractivity contribution in [2.45, 2.75) is 31.8 Å². The van der Waals surface area contributed by atoms with Gasteiger partial charge in [0.1, 0.15) is 11.5 Å². The fourth-order valence-corrected chi connectivity index (χ4v) is 4.16. The summed E-state index contributed by atoms with van der Waals surface area (Å²) in [6.45, 7) is 2.21. The molecule has 3 aromatic rings. The number of hydrogen-bond donors (Lipinski definition) is 1. The second-order valence-electron chi connectivity index (χ2n) is 7.12. The number of carbonyl (C=O) groups excluding carboxylic acids is 1. The minimum Gasteiger partial charge on any atom is -0.360 e. The maximum absolute atomic E-state index is 12.8. The third-order valence-electron chi connectivity index (χ3n) is 5.54. The predicted molar refractivity (Wildman–Crippen MR) is 99.6 cm³/mol. The molecule has 5 nitrogen and oxygen atoms in total. The molecular formula is C21H21N3O2. The normalized spacial score (nSPS) is 19.7. The molecule has 1 saturated heterocycles. The van der Waals surface area contributed by atoms with Crippen molar-refractivity contribution in [1.82, 2.24) is 15.4 Å². The first kappa shape index (κ1) is 15.6. The Morgan fingerprint density at radius 2 is 2.08 bits per heavy atom. The monoisotopic (exact) mass is 347 g/mol. The molecule has 3 heterocycles. The van der Waals surface area contributed by atoms with Gasteiger partial charge in [-0.25, -0.2) is 0 Å². The molecule has 5 rings (SSSR count). The topological polar surface area (TPSA) is 58.4 Å². The number of aromatic nitrogens is 1. The summed E-state index contributed by atoms with van der Waals surface area (Å²) in [5, 5.41) is 10.0. The van der Waals surface area contributed by atoms with E-state index in [2.05, 4.69) is 34.7 Å². The molecular weight excluding hydrogens is 326 g/mol. The van der Waals surface area contributed by atoms with Gasteiger partial charge in [0.2, 0.25) is 5.91 Å². The molecule has 2 aromatic carbocycles. The van der Waals surface area contributed by atoms with Crippen LogP contribution < -0.4 is 5.32 Å². The number of hydrogen-bond acceptors (Lipinski definition) is 4. The highest BCUT2D eigenvalue weighted by atomic mass is 16.5. The second kappa shape index (κ2) is 6.25. The predicted octanol–water partition coefficient (Wildman–Crippen LogP) is 3.13.